The fourth-order valence-electron chi connectivity index (χ4n) is 1.13. The van der Waals surface area contributed by atoms with Gasteiger partial charge in [0.15, 0.2) is 0 Å². The Morgan fingerprint density at radius 2 is 2.00 bits per heavy atom. The van der Waals surface area contributed by atoms with Gasteiger partial charge in [0, 0.05) is 16.1 Å². The Labute approximate surface area is 94.7 Å². The summed E-state index contributed by atoms with van der Waals surface area (Å²) in [6.45, 7) is 1.93. The summed E-state index contributed by atoms with van der Waals surface area (Å²) >= 11 is 6.82. The van der Waals surface area contributed by atoms with Crippen molar-refractivity contribution >= 4 is 31.9 Å². The summed E-state index contributed by atoms with van der Waals surface area (Å²) in [6.07, 6.45) is 0. The Hall–Kier alpha value is -0.0600. The first-order valence-electron chi connectivity index (χ1n) is 3.84. The van der Waals surface area contributed by atoms with Crippen LogP contribution in [0.5, 0.6) is 5.75 Å². The molecule has 0 spiro atoms. The van der Waals surface area contributed by atoms with Crippen molar-refractivity contribution in [3.63, 3.8) is 0 Å². The molecule has 1 atom stereocenters. The van der Waals surface area contributed by atoms with Crippen molar-refractivity contribution in [2.45, 2.75) is 13.0 Å². The minimum absolute atomic E-state index is 0.0382. The molecule has 0 unspecified atom stereocenters. The van der Waals surface area contributed by atoms with Crippen LogP contribution >= 0.6 is 31.9 Å². The second-order valence-electron chi connectivity index (χ2n) is 2.80. The summed E-state index contributed by atoms with van der Waals surface area (Å²) in [5.41, 5.74) is 6.80. The van der Waals surface area contributed by atoms with Gasteiger partial charge in [-0.1, -0.05) is 15.9 Å². The fraction of sp³-hybridized carbons (Fsp3) is 0.333. The third kappa shape index (κ3) is 2.45. The number of nitrogens with two attached hydrogens (primary N) is 1. The lowest BCUT2D eigenvalue weighted by molar-refractivity contribution is 0.404. The van der Waals surface area contributed by atoms with E-state index in [1.165, 1.54) is 0 Å². The molecule has 0 saturated heterocycles. The van der Waals surface area contributed by atoms with Crippen molar-refractivity contribution in [2.24, 2.45) is 5.73 Å². The van der Waals surface area contributed by atoms with Crippen molar-refractivity contribution in [1.29, 1.82) is 0 Å². The second-order valence-corrected chi connectivity index (χ2v) is 4.57. The number of benzene rings is 1. The van der Waals surface area contributed by atoms with E-state index in [1.54, 1.807) is 7.11 Å². The fourth-order valence-corrected chi connectivity index (χ4v) is 2.55. The predicted molar refractivity (Wildman–Crippen MR) is 61.0 cm³/mol. The molecule has 0 aromatic heterocycles. The van der Waals surface area contributed by atoms with Crippen LogP contribution in [-0.4, -0.2) is 7.11 Å². The molecule has 0 heterocycles. The minimum Gasteiger partial charge on any atom is -0.495 e. The van der Waals surface area contributed by atoms with E-state index in [0.29, 0.717) is 0 Å². The highest BCUT2D eigenvalue weighted by molar-refractivity contribution is 9.11. The smallest absolute Gasteiger partial charge is 0.137 e. The second kappa shape index (κ2) is 4.44. The zero-order valence-corrected chi connectivity index (χ0v) is 10.6. The van der Waals surface area contributed by atoms with E-state index < -0.39 is 0 Å². The molecule has 1 aromatic rings. The van der Waals surface area contributed by atoms with Gasteiger partial charge < -0.3 is 10.5 Å². The average molecular weight is 309 g/mol. The van der Waals surface area contributed by atoms with Gasteiger partial charge >= 0.3 is 0 Å². The molecular weight excluding hydrogens is 298 g/mol. The van der Waals surface area contributed by atoms with Crippen molar-refractivity contribution in [3.8, 4) is 5.75 Å². The molecule has 0 fully saturated rings. The molecule has 1 rings (SSSR count). The third-order valence-electron chi connectivity index (χ3n) is 1.73. The maximum Gasteiger partial charge on any atom is 0.137 e. The maximum atomic E-state index is 5.81. The van der Waals surface area contributed by atoms with Crippen molar-refractivity contribution in [3.05, 3.63) is 26.6 Å². The van der Waals surface area contributed by atoms with Gasteiger partial charge in [-0.05, 0) is 35.0 Å². The molecule has 2 N–H and O–H groups in total. The van der Waals surface area contributed by atoms with Crippen LogP contribution in [0.2, 0.25) is 0 Å². The Morgan fingerprint density at radius 1 is 1.38 bits per heavy atom. The van der Waals surface area contributed by atoms with Gasteiger partial charge in [0.05, 0.1) is 11.6 Å². The normalized spacial score (nSPS) is 12.7. The summed E-state index contributed by atoms with van der Waals surface area (Å²) in [7, 11) is 1.64. The standard InChI is InChI=1S/C9H11Br2NO/c1-5(12)7-3-6(10)4-8(11)9(7)13-2/h3-5H,12H2,1-2H3/t5-/m1/s1. The van der Waals surface area contributed by atoms with Crippen LogP contribution in [0.3, 0.4) is 0 Å². The lowest BCUT2D eigenvalue weighted by atomic mass is 10.1. The third-order valence-corrected chi connectivity index (χ3v) is 2.78. The van der Waals surface area contributed by atoms with Crippen LogP contribution in [0.25, 0.3) is 0 Å². The maximum absolute atomic E-state index is 5.81. The highest BCUT2D eigenvalue weighted by Crippen LogP contribution is 2.35. The van der Waals surface area contributed by atoms with Crippen molar-refractivity contribution in [2.75, 3.05) is 7.11 Å². The van der Waals surface area contributed by atoms with E-state index in [9.17, 15) is 0 Å². The number of ether oxygens (including phenoxy) is 1. The van der Waals surface area contributed by atoms with Crippen LogP contribution in [0.4, 0.5) is 0 Å². The Morgan fingerprint density at radius 3 is 2.46 bits per heavy atom. The summed E-state index contributed by atoms with van der Waals surface area (Å²) in [6, 6.07) is 3.86. The van der Waals surface area contributed by atoms with E-state index in [4.69, 9.17) is 10.5 Å². The van der Waals surface area contributed by atoms with E-state index >= 15 is 0 Å². The van der Waals surface area contributed by atoms with Crippen molar-refractivity contribution < 1.29 is 4.74 Å². The lowest BCUT2D eigenvalue weighted by Crippen LogP contribution is -2.07. The summed E-state index contributed by atoms with van der Waals surface area (Å²) in [5, 5.41) is 0. The zero-order valence-electron chi connectivity index (χ0n) is 7.47. The lowest BCUT2D eigenvalue weighted by Gasteiger charge is -2.13. The van der Waals surface area contributed by atoms with Gasteiger partial charge in [-0.15, -0.1) is 0 Å². The molecule has 0 aliphatic carbocycles. The molecule has 1 aromatic carbocycles. The molecular formula is C9H11Br2NO. The van der Waals surface area contributed by atoms with E-state index in [0.717, 1.165) is 20.3 Å². The molecule has 2 nitrogen and oxygen atoms in total. The van der Waals surface area contributed by atoms with E-state index in [1.807, 2.05) is 19.1 Å². The van der Waals surface area contributed by atoms with Crippen LogP contribution in [0.15, 0.2) is 21.1 Å². The average Bonchev–Trinajstić information content (AvgIpc) is 2.02. The van der Waals surface area contributed by atoms with Gasteiger partial charge in [0.25, 0.3) is 0 Å². The predicted octanol–water partition coefficient (Wildman–Crippen LogP) is 3.24. The molecule has 0 amide bonds. The SMILES string of the molecule is COc1c(Br)cc(Br)cc1[C@@H](C)N. The van der Waals surface area contributed by atoms with Crippen LogP contribution < -0.4 is 10.5 Å². The molecule has 13 heavy (non-hydrogen) atoms. The summed E-state index contributed by atoms with van der Waals surface area (Å²) in [5.74, 6) is 0.804. The van der Waals surface area contributed by atoms with Gasteiger partial charge in [-0.25, -0.2) is 0 Å². The first-order chi connectivity index (χ1) is 6.06. The van der Waals surface area contributed by atoms with Crippen LogP contribution in [0, 0.1) is 0 Å². The number of hydrogen-bond donors (Lipinski definition) is 1. The molecule has 0 saturated carbocycles. The highest BCUT2D eigenvalue weighted by atomic mass is 79.9. The first kappa shape index (κ1) is 11.0. The summed E-state index contributed by atoms with van der Waals surface area (Å²) < 4.78 is 7.15. The Bertz CT molecular complexity index is 313. The number of hydrogen-bond acceptors (Lipinski definition) is 2. The Balaban J connectivity index is 3.29. The monoisotopic (exact) mass is 307 g/mol. The topological polar surface area (TPSA) is 35.2 Å². The van der Waals surface area contributed by atoms with Crippen molar-refractivity contribution in [1.82, 2.24) is 0 Å². The molecule has 72 valence electrons. The minimum atomic E-state index is -0.0382. The number of methoxy groups -OCH3 is 1. The number of rotatable bonds is 2. The number of halogens is 2. The Kier molecular flexibility index (Phi) is 3.76. The van der Waals surface area contributed by atoms with Gasteiger partial charge in [-0.2, -0.15) is 0 Å². The van der Waals surface area contributed by atoms with Gasteiger partial charge in [0.1, 0.15) is 5.75 Å². The molecule has 0 radical (unpaired) electrons. The quantitative estimate of drug-likeness (QED) is 0.910. The zero-order chi connectivity index (χ0) is 10.0. The van der Waals surface area contributed by atoms with Gasteiger partial charge in [0.2, 0.25) is 0 Å². The highest BCUT2D eigenvalue weighted by Gasteiger charge is 2.11. The molecule has 4 heteroatoms. The van der Waals surface area contributed by atoms with Gasteiger partial charge in [-0.3, -0.25) is 0 Å². The molecule has 0 aliphatic heterocycles. The van der Waals surface area contributed by atoms with E-state index in [2.05, 4.69) is 31.9 Å². The summed E-state index contributed by atoms with van der Waals surface area (Å²) in [4.78, 5) is 0. The molecule has 0 bridgehead atoms. The van der Waals surface area contributed by atoms with Crippen LogP contribution in [0.1, 0.15) is 18.5 Å². The van der Waals surface area contributed by atoms with E-state index in [-0.39, 0.29) is 6.04 Å². The van der Waals surface area contributed by atoms with Crippen LogP contribution in [-0.2, 0) is 0 Å². The largest absolute Gasteiger partial charge is 0.495 e. The first-order valence-corrected chi connectivity index (χ1v) is 5.43. The molecule has 0 aliphatic rings.